The van der Waals surface area contributed by atoms with E-state index in [1.54, 1.807) is 0 Å². The van der Waals surface area contributed by atoms with Gasteiger partial charge >= 0.3 is 12.4 Å². The van der Waals surface area contributed by atoms with Gasteiger partial charge in [0, 0.05) is 5.69 Å². The Balaban J connectivity index is 1.80. The number of rotatable bonds is 4. The quantitative estimate of drug-likeness (QED) is 0.505. The molecule has 0 aliphatic carbocycles. The molecule has 152 valence electrons. The second-order valence-electron chi connectivity index (χ2n) is 5.80. The van der Waals surface area contributed by atoms with Crippen LogP contribution < -0.4 is 10.1 Å². The van der Waals surface area contributed by atoms with Crippen LogP contribution in [0.25, 0.3) is 0 Å². The first-order valence-corrected chi connectivity index (χ1v) is 7.94. The van der Waals surface area contributed by atoms with E-state index in [4.69, 9.17) is 9.15 Å². The Bertz CT molecular complexity index is 960. The van der Waals surface area contributed by atoms with Crippen molar-refractivity contribution in [2.75, 3.05) is 5.32 Å². The fraction of sp³-hybridized carbons (Fsp3) is 0.105. The normalized spacial score (nSPS) is 11.9. The largest absolute Gasteiger partial charge is 0.459 e. The van der Waals surface area contributed by atoms with E-state index in [1.165, 1.54) is 42.7 Å². The van der Waals surface area contributed by atoms with E-state index in [2.05, 4.69) is 5.32 Å². The van der Waals surface area contributed by atoms with E-state index in [0.29, 0.717) is 17.8 Å². The van der Waals surface area contributed by atoms with E-state index in [9.17, 15) is 31.1 Å². The third-order valence-electron chi connectivity index (χ3n) is 3.65. The first kappa shape index (κ1) is 20.3. The van der Waals surface area contributed by atoms with Crippen LogP contribution in [0, 0.1) is 0 Å². The zero-order valence-electron chi connectivity index (χ0n) is 14.3. The maximum atomic E-state index is 12.9. The van der Waals surface area contributed by atoms with Crippen LogP contribution in [-0.4, -0.2) is 5.91 Å². The number of furan rings is 1. The molecule has 0 unspecified atom stereocenters. The molecule has 2 aromatic carbocycles. The summed E-state index contributed by atoms with van der Waals surface area (Å²) < 4.78 is 87.4. The van der Waals surface area contributed by atoms with Crippen LogP contribution in [0.2, 0.25) is 0 Å². The summed E-state index contributed by atoms with van der Waals surface area (Å²) in [5.41, 5.74) is -2.65. The molecule has 0 aliphatic heterocycles. The van der Waals surface area contributed by atoms with Crippen molar-refractivity contribution < 1.29 is 40.3 Å². The highest BCUT2D eigenvalue weighted by Gasteiger charge is 2.37. The van der Waals surface area contributed by atoms with Gasteiger partial charge in [-0.1, -0.05) is 0 Å². The average molecular weight is 415 g/mol. The lowest BCUT2D eigenvalue weighted by Gasteiger charge is -2.15. The zero-order chi connectivity index (χ0) is 21.2. The molecule has 0 fully saturated rings. The molecule has 0 saturated carbocycles. The Labute approximate surface area is 159 Å². The Morgan fingerprint density at radius 1 is 0.828 bits per heavy atom. The van der Waals surface area contributed by atoms with Crippen molar-refractivity contribution in [3.05, 3.63) is 77.7 Å². The number of anilines is 1. The summed E-state index contributed by atoms with van der Waals surface area (Å²) in [6.45, 7) is 0. The van der Waals surface area contributed by atoms with Gasteiger partial charge in [0.25, 0.3) is 5.91 Å². The minimum Gasteiger partial charge on any atom is -0.459 e. The Morgan fingerprint density at radius 2 is 1.41 bits per heavy atom. The van der Waals surface area contributed by atoms with E-state index in [0.717, 1.165) is 0 Å². The van der Waals surface area contributed by atoms with Gasteiger partial charge in [-0.3, -0.25) is 4.79 Å². The fourth-order valence-electron chi connectivity index (χ4n) is 2.33. The molecule has 1 heterocycles. The van der Waals surface area contributed by atoms with Crippen LogP contribution in [0.4, 0.5) is 32.0 Å². The lowest BCUT2D eigenvalue weighted by Crippen LogP contribution is -2.11. The highest BCUT2D eigenvalue weighted by atomic mass is 19.4. The van der Waals surface area contributed by atoms with Crippen LogP contribution in [0.5, 0.6) is 11.5 Å². The van der Waals surface area contributed by atoms with Gasteiger partial charge in [0.15, 0.2) is 5.76 Å². The number of ether oxygens (including phenoxy) is 1. The lowest BCUT2D eigenvalue weighted by atomic mass is 10.1. The maximum Gasteiger partial charge on any atom is 0.416 e. The van der Waals surface area contributed by atoms with Crippen molar-refractivity contribution in [3.63, 3.8) is 0 Å². The summed E-state index contributed by atoms with van der Waals surface area (Å²) in [5.74, 6) is -1.11. The summed E-state index contributed by atoms with van der Waals surface area (Å²) in [6, 6.07) is 9.23. The minimum absolute atomic E-state index is 0.0140. The standard InChI is InChI=1S/C19H11F6NO3/c20-18(21,22)11-8-12(19(23,24)25)10-15(9-11)29-14-5-3-13(4-6-14)26-17(27)16-2-1-7-28-16/h1-10H,(H,26,27). The second kappa shape index (κ2) is 7.53. The third-order valence-corrected chi connectivity index (χ3v) is 3.65. The molecule has 1 aromatic heterocycles. The lowest BCUT2D eigenvalue weighted by molar-refractivity contribution is -0.143. The first-order chi connectivity index (χ1) is 13.5. The predicted molar refractivity (Wildman–Crippen MR) is 89.6 cm³/mol. The molecule has 10 heteroatoms. The number of amides is 1. The molecular formula is C19H11F6NO3. The van der Waals surface area contributed by atoms with Gasteiger partial charge in [0.05, 0.1) is 17.4 Å². The third kappa shape index (κ3) is 5.09. The molecule has 0 spiro atoms. The summed E-state index contributed by atoms with van der Waals surface area (Å²) in [6.07, 6.45) is -8.63. The molecule has 29 heavy (non-hydrogen) atoms. The fourth-order valence-corrected chi connectivity index (χ4v) is 2.33. The van der Waals surface area contributed by atoms with Crippen molar-refractivity contribution in [3.8, 4) is 11.5 Å². The van der Waals surface area contributed by atoms with Crippen molar-refractivity contribution in [2.45, 2.75) is 12.4 Å². The van der Waals surface area contributed by atoms with Crippen molar-refractivity contribution in [1.82, 2.24) is 0 Å². The van der Waals surface area contributed by atoms with Gasteiger partial charge in [-0.05, 0) is 54.6 Å². The van der Waals surface area contributed by atoms with Gasteiger partial charge in [-0.25, -0.2) is 0 Å². The van der Waals surface area contributed by atoms with E-state index >= 15 is 0 Å². The summed E-state index contributed by atoms with van der Waals surface area (Å²) in [4.78, 5) is 11.9. The van der Waals surface area contributed by atoms with E-state index in [-0.39, 0.29) is 17.6 Å². The maximum absolute atomic E-state index is 12.9. The van der Waals surface area contributed by atoms with Crippen molar-refractivity contribution in [1.29, 1.82) is 0 Å². The highest BCUT2D eigenvalue weighted by Crippen LogP contribution is 2.39. The molecule has 1 amide bonds. The van der Waals surface area contributed by atoms with Crippen LogP contribution in [0.1, 0.15) is 21.7 Å². The number of benzene rings is 2. The van der Waals surface area contributed by atoms with Gasteiger partial charge in [-0.15, -0.1) is 0 Å². The number of carbonyl (C=O) groups is 1. The first-order valence-electron chi connectivity index (χ1n) is 7.94. The van der Waals surface area contributed by atoms with Crippen LogP contribution in [0.15, 0.2) is 65.3 Å². The summed E-state index contributed by atoms with van der Waals surface area (Å²) >= 11 is 0. The number of halogens is 6. The summed E-state index contributed by atoms with van der Waals surface area (Å²) in [7, 11) is 0. The van der Waals surface area contributed by atoms with Crippen LogP contribution >= 0.6 is 0 Å². The van der Waals surface area contributed by atoms with Crippen molar-refractivity contribution in [2.24, 2.45) is 0 Å². The number of hydrogen-bond donors (Lipinski definition) is 1. The SMILES string of the molecule is O=C(Nc1ccc(Oc2cc(C(F)(F)F)cc(C(F)(F)F)c2)cc1)c1ccco1. The molecule has 0 atom stereocenters. The highest BCUT2D eigenvalue weighted by molar-refractivity contribution is 6.02. The van der Waals surface area contributed by atoms with Gasteiger partial charge in [-0.2, -0.15) is 26.3 Å². The average Bonchev–Trinajstić information content (AvgIpc) is 3.16. The van der Waals surface area contributed by atoms with Crippen molar-refractivity contribution >= 4 is 11.6 Å². The number of nitrogens with one attached hydrogen (secondary N) is 1. The number of hydrogen-bond acceptors (Lipinski definition) is 3. The molecule has 3 rings (SSSR count). The van der Waals surface area contributed by atoms with Gasteiger partial charge < -0.3 is 14.5 Å². The predicted octanol–water partition coefficient (Wildman–Crippen LogP) is 6.36. The molecule has 1 N–H and O–H groups in total. The Kier molecular flexibility index (Phi) is 5.27. The zero-order valence-corrected chi connectivity index (χ0v) is 14.3. The molecule has 3 aromatic rings. The van der Waals surface area contributed by atoms with Gasteiger partial charge in [0.2, 0.25) is 0 Å². The molecule has 4 nitrogen and oxygen atoms in total. The minimum atomic E-state index is -4.97. The van der Waals surface area contributed by atoms with Crippen LogP contribution in [0.3, 0.4) is 0 Å². The molecule has 0 radical (unpaired) electrons. The number of carbonyl (C=O) groups excluding carboxylic acids is 1. The monoisotopic (exact) mass is 415 g/mol. The topological polar surface area (TPSA) is 51.5 Å². The van der Waals surface area contributed by atoms with E-state index < -0.39 is 35.1 Å². The van der Waals surface area contributed by atoms with E-state index in [1.807, 2.05) is 0 Å². The molecular weight excluding hydrogens is 404 g/mol. The van der Waals surface area contributed by atoms with Crippen LogP contribution in [-0.2, 0) is 12.4 Å². The number of alkyl halides is 6. The Hall–Kier alpha value is -3.43. The molecule has 0 saturated heterocycles. The summed E-state index contributed by atoms with van der Waals surface area (Å²) in [5, 5.41) is 2.51. The van der Waals surface area contributed by atoms with Gasteiger partial charge in [0.1, 0.15) is 11.5 Å². The molecule has 0 bridgehead atoms. The smallest absolute Gasteiger partial charge is 0.416 e. The Morgan fingerprint density at radius 3 is 1.90 bits per heavy atom. The second-order valence-corrected chi connectivity index (χ2v) is 5.80. The molecule has 0 aliphatic rings.